The van der Waals surface area contributed by atoms with Gasteiger partial charge in [0.2, 0.25) is 0 Å². The number of hydrogen-bond acceptors (Lipinski definition) is 4. The summed E-state index contributed by atoms with van der Waals surface area (Å²) in [5.41, 5.74) is 0. The quantitative estimate of drug-likeness (QED) is 0.490. The van der Waals surface area contributed by atoms with Crippen LogP contribution in [-0.4, -0.2) is 35.2 Å². The molecule has 0 aromatic heterocycles. The molecule has 24 heavy (non-hydrogen) atoms. The average Bonchev–Trinajstić information content (AvgIpc) is 2.46. The van der Waals surface area contributed by atoms with E-state index in [0.29, 0.717) is 17.7 Å². The molecule has 3 nitrogen and oxygen atoms in total. The molecular weight excluding hydrogens is 318 g/mol. The molecule has 0 unspecified atom stereocenters. The van der Waals surface area contributed by atoms with Gasteiger partial charge >= 0.3 is 0 Å². The van der Waals surface area contributed by atoms with Gasteiger partial charge in [0.15, 0.2) is 5.78 Å². The van der Waals surface area contributed by atoms with Crippen LogP contribution in [0.2, 0.25) is 0 Å². The van der Waals surface area contributed by atoms with E-state index in [-0.39, 0.29) is 29.6 Å². The van der Waals surface area contributed by atoms with Crippen molar-refractivity contribution in [1.29, 1.82) is 0 Å². The van der Waals surface area contributed by atoms with Crippen molar-refractivity contribution in [1.82, 2.24) is 5.32 Å². The molecule has 0 aliphatic carbocycles. The van der Waals surface area contributed by atoms with Crippen LogP contribution in [0.5, 0.6) is 0 Å². The van der Waals surface area contributed by atoms with Crippen molar-refractivity contribution in [3.05, 3.63) is 0 Å². The van der Waals surface area contributed by atoms with Crippen LogP contribution < -0.4 is 5.32 Å². The second-order valence-corrected chi connectivity index (χ2v) is 9.33. The Hall–Kier alpha value is -0.350. The third-order valence-electron chi connectivity index (χ3n) is 4.07. The summed E-state index contributed by atoms with van der Waals surface area (Å²) in [5.74, 6) is 3.27. The van der Waals surface area contributed by atoms with E-state index in [2.05, 4.69) is 33.0 Å². The maximum atomic E-state index is 12.4. The van der Waals surface area contributed by atoms with Gasteiger partial charge in [0, 0.05) is 29.5 Å². The standard InChI is InChI=1S/C20H39NO2S/c1-13(2)11-17(19(22)14(3)4)9-10-24-12-18(21-16(7)8)20(23)15(5)6/h13-18,21H,9-12H2,1-8H3/t17-,18+/m1/s1. The van der Waals surface area contributed by atoms with Gasteiger partial charge in [-0.25, -0.2) is 0 Å². The Labute approximate surface area is 154 Å². The van der Waals surface area contributed by atoms with E-state index in [4.69, 9.17) is 0 Å². The van der Waals surface area contributed by atoms with Gasteiger partial charge in [-0.3, -0.25) is 9.59 Å². The number of carbonyl (C=O) groups is 2. The molecule has 4 heteroatoms. The van der Waals surface area contributed by atoms with E-state index in [1.165, 1.54) is 0 Å². The average molecular weight is 358 g/mol. The molecule has 2 atom stereocenters. The van der Waals surface area contributed by atoms with Crippen molar-refractivity contribution in [3.8, 4) is 0 Å². The number of carbonyl (C=O) groups excluding carboxylic acids is 2. The van der Waals surface area contributed by atoms with Crippen molar-refractivity contribution in [3.63, 3.8) is 0 Å². The highest BCUT2D eigenvalue weighted by molar-refractivity contribution is 7.99. The lowest BCUT2D eigenvalue weighted by Crippen LogP contribution is -2.44. The normalized spacial score (nSPS) is 14.7. The van der Waals surface area contributed by atoms with Gasteiger partial charge in [-0.15, -0.1) is 0 Å². The fourth-order valence-corrected chi connectivity index (χ4v) is 3.97. The fraction of sp³-hybridized carbons (Fsp3) is 0.900. The van der Waals surface area contributed by atoms with E-state index < -0.39 is 0 Å². The van der Waals surface area contributed by atoms with E-state index in [1.54, 1.807) is 11.8 Å². The van der Waals surface area contributed by atoms with E-state index in [9.17, 15) is 9.59 Å². The van der Waals surface area contributed by atoms with Gasteiger partial charge < -0.3 is 5.32 Å². The fourth-order valence-electron chi connectivity index (χ4n) is 2.86. The van der Waals surface area contributed by atoms with Crippen LogP contribution in [0.25, 0.3) is 0 Å². The molecule has 0 rings (SSSR count). The van der Waals surface area contributed by atoms with Gasteiger partial charge in [0.25, 0.3) is 0 Å². The first-order valence-corrected chi connectivity index (χ1v) is 10.6. The molecule has 0 saturated carbocycles. The number of rotatable bonds is 13. The lowest BCUT2D eigenvalue weighted by atomic mass is 9.86. The summed E-state index contributed by atoms with van der Waals surface area (Å²) in [4.78, 5) is 24.7. The first kappa shape index (κ1) is 23.6. The summed E-state index contributed by atoms with van der Waals surface area (Å²) in [7, 11) is 0. The molecule has 1 N–H and O–H groups in total. The Morgan fingerprint density at radius 2 is 1.42 bits per heavy atom. The minimum Gasteiger partial charge on any atom is -0.305 e. The highest BCUT2D eigenvalue weighted by atomic mass is 32.2. The zero-order valence-corrected chi connectivity index (χ0v) is 17.8. The van der Waals surface area contributed by atoms with Crippen LogP contribution in [0, 0.1) is 23.7 Å². The Bertz CT molecular complexity index is 342. The molecule has 0 saturated heterocycles. The first-order chi connectivity index (χ1) is 11.1. The molecule has 142 valence electrons. The van der Waals surface area contributed by atoms with E-state index in [1.807, 2.05) is 27.7 Å². The molecule has 0 spiro atoms. The van der Waals surface area contributed by atoms with Gasteiger partial charge in [-0.05, 0) is 24.5 Å². The molecule has 0 amide bonds. The highest BCUT2D eigenvalue weighted by Crippen LogP contribution is 2.23. The van der Waals surface area contributed by atoms with Crippen LogP contribution in [0.15, 0.2) is 0 Å². The molecule has 0 heterocycles. The predicted molar refractivity (Wildman–Crippen MR) is 107 cm³/mol. The van der Waals surface area contributed by atoms with Crippen LogP contribution in [0.1, 0.15) is 68.2 Å². The summed E-state index contributed by atoms with van der Waals surface area (Å²) in [6, 6.07) is 0.217. The zero-order chi connectivity index (χ0) is 18.9. The van der Waals surface area contributed by atoms with Gasteiger partial charge in [0.1, 0.15) is 5.78 Å². The Morgan fingerprint density at radius 3 is 1.83 bits per heavy atom. The Kier molecular flexibility index (Phi) is 11.9. The molecule has 0 aliphatic rings. The largest absolute Gasteiger partial charge is 0.305 e. The molecule has 0 aliphatic heterocycles. The highest BCUT2D eigenvalue weighted by Gasteiger charge is 2.24. The topological polar surface area (TPSA) is 46.2 Å². The number of nitrogens with one attached hydrogen (secondary N) is 1. The molecule has 0 fully saturated rings. The minimum atomic E-state index is -0.0839. The van der Waals surface area contributed by atoms with Gasteiger partial charge in [0.05, 0.1) is 6.04 Å². The molecule has 0 radical (unpaired) electrons. The number of ketones is 2. The first-order valence-electron chi connectivity index (χ1n) is 9.47. The zero-order valence-electron chi connectivity index (χ0n) is 17.0. The smallest absolute Gasteiger partial charge is 0.153 e. The Morgan fingerprint density at radius 1 is 0.875 bits per heavy atom. The van der Waals surface area contributed by atoms with Crippen LogP contribution >= 0.6 is 11.8 Å². The lowest BCUT2D eigenvalue weighted by Gasteiger charge is -2.23. The summed E-state index contributed by atoms with van der Waals surface area (Å²) in [6.45, 7) is 16.4. The second-order valence-electron chi connectivity index (χ2n) is 8.18. The third kappa shape index (κ3) is 9.83. The molecular formula is C20H39NO2S. The summed E-state index contributed by atoms with van der Waals surface area (Å²) < 4.78 is 0. The van der Waals surface area contributed by atoms with E-state index in [0.717, 1.165) is 24.3 Å². The summed E-state index contributed by atoms with van der Waals surface area (Å²) in [5, 5.41) is 3.38. The summed E-state index contributed by atoms with van der Waals surface area (Å²) >= 11 is 1.80. The number of thioether (sulfide) groups is 1. The van der Waals surface area contributed by atoms with Crippen molar-refractivity contribution in [2.24, 2.45) is 23.7 Å². The van der Waals surface area contributed by atoms with Crippen molar-refractivity contribution in [2.45, 2.75) is 80.3 Å². The van der Waals surface area contributed by atoms with Crippen LogP contribution in [0.3, 0.4) is 0 Å². The Balaban J connectivity index is 4.51. The maximum Gasteiger partial charge on any atom is 0.153 e. The monoisotopic (exact) mass is 357 g/mol. The molecule has 0 bridgehead atoms. The maximum absolute atomic E-state index is 12.4. The molecule has 0 aromatic carbocycles. The summed E-state index contributed by atoms with van der Waals surface area (Å²) in [6.07, 6.45) is 1.89. The van der Waals surface area contributed by atoms with Crippen molar-refractivity contribution in [2.75, 3.05) is 11.5 Å². The number of Topliss-reactive ketones (excluding diaryl/α,β-unsaturated/α-hetero) is 2. The van der Waals surface area contributed by atoms with Gasteiger partial charge in [-0.2, -0.15) is 11.8 Å². The van der Waals surface area contributed by atoms with Crippen LogP contribution in [0.4, 0.5) is 0 Å². The molecule has 0 aromatic rings. The number of hydrogen-bond donors (Lipinski definition) is 1. The van der Waals surface area contributed by atoms with E-state index >= 15 is 0 Å². The lowest BCUT2D eigenvalue weighted by molar-refractivity contribution is -0.126. The predicted octanol–water partition coefficient (Wildman–Crippen LogP) is 4.59. The SMILES string of the molecule is CC(C)C[C@@H](CCSC[C@H](NC(C)C)C(=O)C(C)C)C(=O)C(C)C. The second kappa shape index (κ2) is 12.1. The minimum absolute atomic E-state index is 0.0538. The third-order valence-corrected chi connectivity index (χ3v) is 5.16. The van der Waals surface area contributed by atoms with Crippen molar-refractivity contribution < 1.29 is 9.59 Å². The van der Waals surface area contributed by atoms with Crippen molar-refractivity contribution >= 4 is 23.3 Å². The van der Waals surface area contributed by atoms with Gasteiger partial charge in [-0.1, -0.05) is 55.4 Å². The van der Waals surface area contributed by atoms with Crippen LogP contribution in [-0.2, 0) is 9.59 Å².